The molecule has 0 fully saturated rings. The monoisotopic (exact) mass is 243 g/mol. The van der Waals surface area contributed by atoms with Crippen LogP contribution in [0, 0.1) is 0 Å². The Bertz CT molecular complexity index is 229. The summed E-state index contributed by atoms with van der Waals surface area (Å²) in [7, 11) is 3.40. The van der Waals surface area contributed by atoms with E-state index in [-0.39, 0.29) is 5.78 Å². The molecule has 0 aliphatic carbocycles. The number of carbonyl (C=O) groups is 1. The first kappa shape index (κ1) is 16.1. The molecule has 0 aromatic carbocycles. The SMILES string of the molecule is COCCCN(CCCOC)/C(C)=C/C(C)=O. The number of rotatable bonds is 10. The topological polar surface area (TPSA) is 38.8 Å². The van der Waals surface area contributed by atoms with E-state index in [4.69, 9.17) is 9.47 Å². The van der Waals surface area contributed by atoms with Crippen molar-refractivity contribution in [1.29, 1.82) is 0 Å². The molecule has 0 rings (SSSR count). The highest BCUT2D eigenvalue weighted by molar-refractivity contribution is 5.87. The number of ether oxygens (including phenoxy) is 2. The van der Waals surface area contributed by atoms with Crippen molar-refractivity contribution < 1.29 is 14.3 Å². The van der Waals surface area contributed by atoms with Crippen molar-refractivity contribution in [3.8, 4) is 0 Å². The highest BCUT2D eigenvalue weighted by atomic mass is 16.5. The van der Waals surface area contributed by atoms with Gasteiger partial charge in [0.05, 0.1) is 0 Å². The number of hydrogen-bond donors (Lipinski definition) is 0. The van der Waals surface area contributed by atoms with E-state index in [0.29, 0.717) is 0 Å². The Kier molecular flexibility index (Phi) is 9.77. The molecule has 0 saturated heterocycles. The molecule has 0 bridgehead atoms. The van der Waals surface area contributed by atoms with Gasteiger partial charge in [0.15, 0.2) is 5.78 Å². The van der Waals surface area contributed by atoms with Gasteiger partial charge in [-0.1, -0.05) is 0 Å². The van der Waals surface area contributed by atoms with Gasteiger partial charge in [0, 0.05) is 46.2 Å². The quantitative estimate of drug-likeness (QED) is 0.433. The fraction of sp³-hybridized carbons (Fsp3) is 0.769. The van der Waals surface area contributed by atoms with E-state index >= 15 is 0 Å². The first-order valence-electron chi connectivity index (χ1n) is 6.03. The highest BCUT2D eigenvalue weighted by Crippen LogP contribution is 2.06. The first-order valence-corrected chi connectivity index (χ1v) is 6.03. The molecule has 0 aromatic rings. The molecule has 0 radical (unpaired) electrons. The third-order valence-corrected chi connectivity index (χ3v) is 2.46. The molecular formula is C13H25NO3. The summed E-state index contributed by atoms with van der Waals surface area (Å²) in [4.78, 5) is 13.3. The fourth-order valence-electron chi connectivity index (χ4n) is 1.65. The van der Waals surface area contributed by atoms with E-state index in [1.54, 1.807) is 27.2 Å². The smallest absolute Gasteiger partial charge is 0.154 e. The van der Waals surface area contributed by atoms with Crippen LogP contribution >= 0.6 is 0 Å². The van der Waals surface area contributed by atoms with Gasteiger partial charge in [-0.25, -0.2) is 0 Å². The van der Waals surface area contributed by atoms with Crippen molar-refractivity contribution in [2.24, 2.45) is 0 Å². The van der Waals surface area contributed by atoms with Crippen LogP contribution in [0.1, 0.15) is 26.7 Å². The number of methoxy groups -OCH3 is 2. The van der Waals surface area contributed by atoms with E-state index in [9.17, 15) is 4.79 Å². The largest absolute Gasteiger partial charge is 0.385 e. The molecule has 0 N–H and O–H groups in total. The lowest BCUT2D eigenvalue weighted by molar-refractivity contribution is -0.112. The third kappa shape index (κ3) is 8.89. The minimum absolute atomic E-state index is 0.0889. The Balaban J connectivity index is 4.22. The van der Waals surface area contributed by atoms with Gasteiger partial charge >= 0.3 is 0 Å². The number of nitrogens with zero attached hydrogens (tertiary/aromatic N) is 1. The molecule has 0 spiro atoms. The van der Waals surface area contributed by atoms with Crippen LogP contribution in [0.4, 0.5) is 0 Å². The van der Waals surface area contributed by atoms with E-state index in [1.165, 1.54) is 0 Å². The zero-order valence-corrected chi connectivity index (χ0v) is 11.5. The van der Waals surface area contributed by atoms with Gasteiger partial charge in [0.2, 0.25) is 0 Å². The normalized spacial score (nSPS) is 11.6. The second-order valence-corrected chi connectivity index (χ2v) is 4.08. The predicted molar refractivity (Wildman–Crippen MR) is 69.0 cm³/mol. The zero-order valence-electron chi connectivity index (χ0n) is 11.5. The van der Waals surface area contributed by atoms with Gasteiger partial charge in [0.25, 0.3) is 0 Å². The molecule has 100 valence electrons. The molecule has 4 heteroatoms. The number of allylic oxidation sites excluding steroid dienone is 2. The Hall–Kier alpha value is -0.870. The number of ketones is 1. The van der Waals surface area contributed by atoms with Gasteiger partial charge in [-0.05, 0) is 32.8 Å². The fourth-order valence-corrected chi connectivity index (χ4v) is 1.65. The lowest BCUT2D eigenvalue weighted by Gasteiger charge is -2.25. The number of carbonyl (C=O) groups excluding carboxylic acids is 1. The molecule has 0 aliphatic rings. The molecule has 0 atom stereocenters. The summed E-state index contributed by atoms with van der Waals surface area (Å²) < 4.78 is 10.1. The Labute approximate surface area is 105 Å². The molecule has 0 aromatic heterocycles. The zero-order chi connectivity index (χ0) is 13.1. The summed E-state index contributed by atoms with van der Waals surface area (Å²) >= 11 is 0. The van der Waals surface area contributed by atoms with Gasteiger partial charge in [-0.2, -0.15) is 0 Å². The van der Waals surface area contributed by atoms with Crippen LogP contribution in [0.5, 0.6) is 0 Å². The second kappa shape index (κ2) is 10.3. The van der Waals surface area contributed by atoms with Crippen molar-refractivity contribution in [1.82, 2.24) is 4.90 Å². The van der Waals surface area contributed by atoms with Crippen LogP contribution < -0.4 is 0 Å². The molecular weight excluding hydrogens is 218 g/mol. The average molecular weight is 243 g/mol. The van der Waals surface area contributed by atoms with E-state index in [0.717, 1.165) is 44.8 Å². The summed E-state index contributed by atoms with van der Waals surface area (Å²) in [5.74, 6) is 0.0889. The molecule has 0 heterocycles. The standard InChI is InChI=1S/C13H25NO3/c1-12(11-13(2)15)14(7-5-9-16-3)8-6-10-17-4/h11H,5-10H2,1-4H3/b12-11+. The molecule has 0 amide bonds. The minimum atomic E-state index is 0.0889. The Morgan fingerprint density at radius 3 is 1.88 bits per heavy atom. The van der Waals surface area contributed by atoms with Crippen molar-refractivity contribution in [2.75, 3.05) is 40.5 Å². The molecule has 17 heavy (non-hydrogen) atoms. The molecule has 0 aliphatic heterocycles. The van der Waals surface area contributed by atoms with Crippen LogP contribution in [0.3, 0.4) is 0 Å². The van der Waals surface area contributed by atoms with Crippen LogP contribution in [-0.2, 0) is 14.3 Å². The highest BCUT2D eigenvalue weighted by Gasteiger charge is 2.05. The van der Waals surface area contributed by atoms with Crippen molar-refractivity contribution >= 4 is 5.78 Å². The van der Waals surface area contributed by atoms with E-state index < -0.39 is 0 Å². The maximum Gasteiger partial charge on any atom is 0.154 e. The van der Waals surface area contributed by atoms with E-state index in [2.05, 4.69) is 4.90 Å². The summed E-state index contributed by atoms with van der Waals surface area (Å²) in [6.07, 6.45) is 3.61. The second-order valence-electron chi connectivity index (χ2n) is 4.08. The maximum absolute atomic E-state index is 11.1. The van der Waals surface area contributed by atoms with E-state index in [1.807, 2.05) is 6.92 Å². The van der Waals surface area contributed by atoms with Gasteiger partial charge < -0.3 is 14.4 Å². The number of hydrogen-bond acceptors (Lipinski definition) is 4. The van der Waals surface area contributed by atoms with Gasteiger partial charge in [-0.3, -0.25) is 4.79 Å². The third-order valence-electron chi connectivity index (χ3n) is 2.46. The predicted octanol–water partition coefficient (Wildman–Crippen LogP) is 1.85. The average Bonchev–Trinajstić information content (AvgIpc) is 2.26. The Morgan fingerprint density at radius 1 is 1.06 bits per heavy atom. The van der Waals surface area contributed by atoms with Crippen LogP contribution in [0.2, 0.25) is 0 Å². The molecule has 0 unspecified atom stereocenters. The molecule has 0 saturated carbocycles. The Morgan fingerprint density at radius 2 is 1.53 bits per heavy atom. The maximum atomic E-state index is 11.1. The summed E-state index contributed by atoms with van der Waals surface area (Å²) in [5.41, 5.74) is 1.02. The summed E-state index contributed by atoms with van der Waals surface area (Å²) in [5, 5.41) is 0. The van der Waals surface area contributed by atoms with Gasteiger partial charge in [-0.15, -0.1) is 0 Å². The minimum Gasteiger partial charge on any atom is -0.385 e. The van der Waals surface area contributed by atoms with Crippen molar-refractivity contribution in [3.63, 3.8) is 0 Å². The van der Waals surface area contributed by atoms with Gasteiger partial charge in [0.1, 0.15) is 0 Å². The van der Waals surface area contributed by atoms with Crippen molar-refractivity contribution in [2.45, 2.75) is 26.7 Å². The first-order chi connectivity index (χ1) is 8.11. The lowest BCUT2D eigenvalue weighted by Crippen LogP contribution is -2.26. The van der Waals surface area contributed by atoms with Crippen LogP contribution in [-0.4, -0.2) is 51.2 Å². The summed E-state index contributed by atoms with van der Waals surface area (Å²) in [6, 6.07) is 0. The van der Waals surface area contributed by atoms with Crippen molar-refractivity contribution in [3.05, 3.63) is 11.8 Å². The summed E-state index contributed by atoms with van der Waals surface area (Å²) in [6.45, 7) is 6.86. The molecule has 4 nitrogen and oxygen atoms in total. The van der Waals surface area contributed by atoms with Crippen LogP contribution in [0.25, 0.3) is 0 Å². The lowest BCUT2D eigenvalue weighted by atomic mass is 10.2. The van der Waals surface area contributed by atoms with Crippen LogP contribution in [0.15, 0.2) is 11.8 Å².